The molecule has 0 aromatic rings. The molecule has 1 saturated heterocycles. The van der Waals surface area contributed by atoms with Crippen LogP contribution in [0.25, 0.3) is 0 Å². The van der Waals surface area contributed by atoms with E-state index in [9.17, 15) is 18.0 Å². The first-order valence-corrected chi connectivity index (χ1v) is 7.72. The Hall–Kier alpha value is -1.15. The number of carbonyl (C=O) groups is 2. The minimum absolute atomic E-state index is 0.00577. The van der Waals surface area contributed by atoms with E-state index >= 15 is 0 Å². The van der Waals surface area contributed by atoms with Crippen LogP contribution in [0.4, 0.5) is 0 Å². The second kappa shape index (κ2) is 6.85. The van der Waals surface area contributed by atoms with Gasteiger partial charge in [0.2, 0.25) is 10.0 Å². The van der Waals surface area contributed by atoms with Gasteiger partial charge in [-0.2, -0.15) is 0 Å². The van der Waals surface area contributed by atoms with Gasteiger partial charge in [0.05, 0.1) is 12.9 Å². The number of aliphatic carboxylic acids is 1. The van der Waals surface area contributed by atoms with E-state index in [0.29, 0.717) is 13.0 Å². The van der Waals surface area contributed by atoms with Crippen molar-refractivity contribution in [2.24, 2.45) is 5.92 Å². The van der Waals surface area contributed by atoms with Gasteiger partial charge in [-0.1, -0.05) is 0 Å². The van der Waals surface area contributed by atoms with E-state index < -0.39 is 22.0 Å². The fourth-order valence-electron chi connectivity index (χ4n) is 2.09. The second-order valence-electron chi connectivity index (χ2n) is 4.61. The molecule has 0 aromatic carbocycles. The third kappa shape index (κ3) is 5.15. The smallest absolute Gasteiger partial charge is 0.305 e. The first-order chi connectivity index (χ1) is 8.85. The van der Waals surface area contributed by atoms with E-state index in [4.69, 9.17) is 5.11 Å². The van der Waals surface area contributed by atoms with Crippen LogP contribution in [0.15, 0.2) is 0 Å². The Bertz CT molecular complexity index is 432. The van der Waals surface area contributed by atoms with Crippen LogP contribution in [-0.4, -0.2) is 55.7 Å². The molecule has 1 N–H and O–H groups in total. The average Bonchev–Trinajstić information content (AvgIpc) is 2.76. The minimum Gasteiger partial charge on any atom is -0.481 e. The van der Waals surface area contributed by atoms with Crippen LogP contribution in [0.1, 0.15) is 25.7 Å². The van der Waals surface area contributed by atoms with Crippen LogP contribution < -0.4 is 0 Å². The first kappa shape index (κ1) is 15.9. The van der Waals surface area contributed by atoms with Crippen LogP contribution in [0, 0.1) is 5.92 Å². The van der Waals surface area contributed by atoms with Crippen molar-refractivity contribution in [3.63, 3.8) is 0 Å². The van der Waals surface area contributed by atoms with Crippen LogP contribution >= 0.6 is 0 Å². The summed E-state index contributed by atoms with van der Waals surface area (Å²) < 4.78 is 29.7. The standard InChI is InChI=1S/C11H19NO6S/c1-18-11(15)3-2-6-19(16,17)12-5-4-9(8-12)7-10(13)14/h9H,2-8H2,1H3,(H,13,14). The molecule has 0 aromatic heterocycles. The molecule has 0 amide bonds. The van der Waals surface area contributed by atoms with Crippen molar-refractivity contribution < 1.29 is 27.9 Å². The first-order valence-electron chi connectivity index (χ1n) is 6.11. The molecule has 1 fully saturated rings. The van der Waals surface area contributed by atoms with Gasteiger partial charge in [-0.3, -0.25) is 9.59 Å². The molecule has 0 bridgehead atoms. The molecule has 1 atom stereocenters. The minimum atomic E-state index is -3.40. The van der Waals surface area contributed by atoms with Gasteiger partial charge in [0.15, 0.2) is 0 Å². The summed E-state index contributed by atoms with van der Waals surface area (Å²) in [6.07, 6.45) is 0.855. The zero-order valence-electron chi connectivity index (χ0n) is 10.9. The van der Waals surface area contributed by atoms with Crippen LogP contribution in [0.5, 0.6) is 0 Å². The normalized spacial score (nSPS) is 20.4. The molecule has 1 heterocycles. The molecule has 19 heavy (non-hydrogen) atoms. The van der Waals surface area contributed by atoms with Gasteiger partial charge in [0.1, 0.15) is 0 Å². The van der Waals surface area contributed by atoms with Gasteiger partial charge in [-0.25, -0.2) is 12.7 Å². The third-order valence-corrected chi connectivity index (χ3v) is 5.04. The van der Waals surface area contributed by atoms with E-state index in [2.05, 4.69) is 4.74 Å². The van der Waals surface area contributed by atoms with Gasteiger partial charge < -0.3 is 9.84 Å². The highest BCUT2D eigenvalue weighted by molar-refractivity contribution is 7.89. The summed E-state index contributed by atoms with van der Waals surface area (Å²) in [7, 11) is -2.14. The molecule has 7 nitrogen and oxygen atoms in total. The lowest BCUT2D eigenvalue weighted by Gasteiger charge is -2.15. The molecule has 1 aliphatic heterocycles. The van der Waals surface area contributed by atoms with Crippen molar-refractivity contribution in [1.29, 1.82) is 0 Å². The molecule has 1 aliphatic rings. The molecule has 0 saturated carbocycles. The maximum Gasteiger partial charge on any atom is 0.305 e. The fourth-order valence-corrected chi connectivity index (χ4v) is 3.68. The van der Waals surface area contributed by atoms with E-state index in [-0.39, 0.29) is 37.5 Å². The topological polar surface area (TPSA) is 101 Å². The third-order valence-electron chi connectivity index (χ3n) is 3.12. The summed E-state index contributed by atoms with van der Waals surface area (Å²) in [5, 5.41) is 8.67. The van der Waals surface area contributed by atoms with E-state index in [1.807, 2.05) is 0 Å². The Morgan fingerprint density at radius 2 is 2.11 bits per heavy atom. The number of hydrogen-bond acceptors (Lipinski definition) is 5. The Morgan fingerprint density at radius 3 is 2.68 bits per heavy atom. The lowest BCUT2D eigenvalue weighted by Crippen LogP contribution is -2.31. The van der Waals surface area contributed by atoms with Gasteiger partial charge in [-0.15, -0.1) is 0 Å². The number of sulfonamides is 1. The molecular formula is C11H19NO6S. The Morgan fingerprint density at radius 1 is 1.42 bits per heavy atom. The van der Waals surface area contributed by atoms with E-state index in [1.165, 1.54) is 11.4 Å². The summed E-state index contributed by atoms with van der Waals surface area (Å²) in [4.78, 5) is 21.5. The number of rotatable bonds is 7. The maximum absolute atomic E-state index is 12.0. The highest BCUT2D eigenvalue weighted by Crippen LogP contribution is 2.22. The highest BCUT2D eigenvalue weighted by atomic mass is 32.2. The molecule has 1 unspecified atom stereocenters. The molecule has 8 heteroatoms. The van der Waals surface area contributed by atoms with Crippen molar-refractivity contribution >= 4 is 22.0 Å². The molecule has 1 rings (SSSR count). The predicted molar refractivity (Wildman–Crippen MR) is 67.0 cm³/mol. The van der Waals surface area contributed by atoms with Gasteiger partial charge in [0, 0.05) is 25.9 Å². The number of carboxylic acid groups (broad SMARTS) is 1. The molecule has 0 radical (unpaired) electrons. The predicted octanol–water partition coefficient (Wildman–Crippen LogP) is 0.0660. The van der Waals surface area contributed by atoms with Gasteiger partial charge in [0.25, 0.3) is 0 Å². The number of ether oxygens (including phenoxy) is 1. The van der Waals surface area contributed by atoms with Crippen molar-refractivity contribution in [3.05, 3.63) is 0 Å². The number of hydrogen-bond donors (Lipinski definition) is 1. The second-order valence-corrected chi connectivity index (χ2v) is 6.69. The van der Waals surface area contributed by atoms with Crippen LogP contribution in [-0.2, 0) is 24.3 Å². The quantitative estimate of drug-likeness (QED) is 0.666. The van der Waals surface area contributed by atoms with Crippen molar-refractivity contribution in [1.82, 2.24) is 4.31 Å². The zero-order valence-corrected chi connectivity index (χ0v) is 11.7. The van der Waals surface area contributed by atoms with Gasteiger partial charge >= 0.3 is 11.9 Å². The Balaban J connectivity index is 2.42. The summed E-state index contributed by atoms with van der Waals surface area (Å²) in [6.45, 7) is 0.616. The van der Waals surface area contributed by atoms with E-state index in [0.717, 1.165) is 0 Å². The number of nitrogens with zero attached hydrogens (tertiary/aromatic N) is 1. The monoisotopic (exact) mass is 293 g/mol. The summed E-state index contributed by atoms with van der Waals surface area (Å²) in [6, 6.07) is 0. The molecule has 110 valence electrons. The van der Waals surface area contributed by atoms with Crippen LogP contribution in [0.2, 0.25) is 0 Å². The molecule has 0 spiro atoms. The number of esters is 1. The Labute approximate surface area is 112 Å². The van der Waals surface area contributed by atoms with Crippen molar-refractivity contribution in [2.45, 2.75) is 25.7 Å². The van der Waals surface area contributed by atoms with E-state index in [1.54, 1.807) is 0 Å². The average molecular weight is 293 g/mol. The zero-order chi connectivity index (χ0) is 14.5. The fraction of sp³-hybridized carbons (Fsp3) is 0.818. The maximum atomic E-state index is 12.0. The summed E-state index contributed by atoms with van der Waals surface area (Å²) in [5.74, 6) is -1.56. The lowest BCUT2D eigenvalue weighted by atomic mass is 10.1. The van der Waals surface area contributed by atoms with Crippen molar-refractivity contribution in [2.75, 3.05) is 26.0 Å². The van der Waals surface area contributed by atoms with Crippen molar-refractivity contribution in [3.8, 4) is 0 Å². The largest absolute Gasteiger partial charge is 0.481 e. The number of methoxy groups -OCH3 is 1. The number of carbonyl (C=O) groups excluding carboxylic acids is 1. The number of carboxylic acids is 1. The summed E-state index contributed by atoms with van der Waals surface area (Å²) in [5.41, 5.74) is 0. The van der Waals surface area contributed by atoms with Crippen LogP contribution in [0.3, 0.4) is 0 Å². The molecular weight excluding hydrogens is 274 g/mol. The Kier molecular flexibility index (Phi) is 5.74. The lowest BCUT2D eigenvalue weighted by molar-refractivity contribution is -0.140. The molecule has 0 aliphatic carbocycles. The summed E-state index contributed by atoms with van der Waals surface area (Å²) >= 11 is 0. The van der Waals surface area contributed by atoms with Gasteiger partial charge in [-0.05, 0) is 18.8 Å². The highest BCUT2D eigenvalue weighted by Gasteiger charge is 2.31. The SMILES string of the molecule is COC(=O)CCCS(=O)(=O)N1CCC(CC(=O)O)C1.